The van der Waals surface area contributed by atoms with Crippen LogP contribution in [0.2, 0.25) is 5.22 Å². The van der Waals surface area contributed by atoms with Crippen LogP contribution in [0, 0.1) is 0 Å². The molecule has 0 radical (unpaired) electrons. The van der Waals surface area contributed by atoms with Gasteiger partial charge in [0.25, 0.3) is 0 Å². The summed E-state index contributed by atoms with van der Waals surface area (Å²) in [5, 5.41) is 8.97. The van der Waals surface area contributed by atoms with Gasteiger partial charge in [-0.05, 0) is 23.7 Å². The van der Waals surface area contributed by atoms with Gasteiger partial charge in [-0.3, -0.25) is 4.79 Å². The number of carboxylic acids is 1. The Bertz CT molecular complexity index is 311. The fourth-order valence-corrected chi connectivity index (χ4v) is 1.98. The molecule has 0 aromatic carbocycles. The number of halogens is 1. The molecule has 1 aromatic heterocycles. The summed E-state index contributed by atoms with van der Waals surface area (Å²) in [7, 11) is 0. The molecule has 0 fully saturated rings. The third-order valence-electron chi connectivity index (χ3n) is 1.60. The average molecular weight is 235 g/mol. The highest BCUT2D eigenvalue weighted by atomic mass is 35.5. The molecule has 1 atom stereocenters. The molecule has 0 spiro atoms. The predicted molar refractivity (Wildman–Crippen MR) is 56.7 cm³/mol. The van der Waals surface area contributed by atoms with E-state index >= 15 is 0 Å². The summed E-state index contributed by atoms with van der Waals surface area (Å²) in [5.41, 5.74) is 0. The first-order chi connectivity index (χ1) is 6.58. The number of furan rings is 1. The van der Waals surface area contributed by atoms with E-state index in [4.69, 9.17) is 21.1 Å². The van der Waals surface area contributed by atoms with Crippen molar-refractivity contribution in [2.45, 2.75) is 24.3 Å². The topological polar surface area (TPSA) is 50.4 Å². The van der Waals surface area contributed by atoms with Crippen molar-refractivity contribution in [1.29, 1.82) is 0 Å². The molecular weight excluding hydrogens is 224 g/mol. The minimum Gasteiger partial charge on any atom is -0.481 e. The lowest BCUT2D eigenvalue weighted by Gasteiger charge is -2.05. The fourth-order valence-electron chi connectivity index (χ4n) is 0.959. The molecule has 0 aliphatic rings. The third kappa shape index (κ3) is 4.07. The van der Waals surface area contributed by atoms with Gasteiger partial charge in [0, 0.05) is 5.25 Å². The Morgan fingerprint density at radius 1 is 1.71 bits per heavy atom. The summed E-state index contributed by atoms with van der Waals surface area (Å²) in [6.07, 6.45) is 0.166. The van der Waals surface area contributed by atoms with E-state index < -0.39 is 5.97 Å². The molecule has 0 aliphatic heterocycles. The first-order valence-electron chi connectivity index (χ1n) is 4.15. The number of aliphatic carboxylic acids is 1. The van der Waals surface area contributed by atoms with Crippen LogP contribution in [0.3, 0.4) is 0 Å². The maximum absolute atomic E-state index is 10.4. The minimum absolute atomic E-state index is 0.0800. The van der Waals surface area contributed by atoms with Crippen molar-refractivity contribution < 1.29 is 14.3 Å². The molecular formula is C9H11ClO3S. The van der Waals surface area contributed by atoms with Crippen molar-refractivity contribution in [2.75, 3.05) is 0 Å². The average Bonchev–Trinajstić information content (AvgIpc) is 2.47. The van der Waals surface area contributed by atoms with E-state index in [0.717, 1.165) is 5.76 Å². The number of hydrogen-bond acceptors (Lipinski definition) is 3. The molecule has 1 heterocycles. The highest BCUT2D eigenvalue weighted by molar-refractivity contribution is 7.99. The monoisotopic (exact) mass is 234 g/mol. The maximum Gasteiger partial charge on any atom is 0.304 e. The standard InChI is InChI=1S/C9H11ClO3S/c1-6(4-9(11)12)14-5-7-2-3-8(10)13-7/h2-3,6H,4-5H2,1H3,(H,11,12). The highest BCUT2D eigenvalue weighted by Crippen LogP contribution is 2.22. The first-order valence-corrected chi connectivity index (χ1v) is 5.58. The molecule has 1 N–H and O–H groups in total. The summed E-state index contributed by atoms with van der Waals surface area (Å²) in [4.78, 5) is 10.4. The van der Waals surface area contributed by atoms with Crippen LogP contribution in [0.5, 0.6) is 0 Å². The van der Waals surface area contributed by atoms with Gasteiger partial charge >= 0.3 is 5.97 Å². The van der Waals surface area contributed by atoms with Gasteiger partial charge in [-0.25, -0.2) is 0 Å². The normalized spacial score (nSPS) is 12.7. The van der Waals surface area contributed by atoms with E-state index in [9.17, 15) is 4.79 Å². The van der Waals surface area contributed by atoms with E-state index in [2.05, 4.69) is 0 Å². The zero-order valence-electron chi connectivity index (χ0n) is 7.70. The number of thioether (sulfide) groups is 1. The number of carboxylic acid groups (broad SMARTS) is 1. The lowest BCUT2D eigenvalue weighted by Crippen LogP contribution is -2.05. The Balaban J connectivity index is 2.30. The van der Waals surface area contributed by atoms with Gasteiger partial charge in [0.1, 0.15) is 5.76 Å². The summed E-state index contributed by atoms with van der Waals surface area (Å²) >= 11 is 7.13. The van der Waals surface area contributed by atoms with Crippen LogP contribution in [0.25, 0.3) is 0 Å². The molecule has 78 valence electrons. The Kier molecular flexibility index (Phi) is 4.35. The lowest BCUT2D eigenvalue weighted by molar-refractivity contribution is -0.136. The van der Waals surface area contributed by atoms with Crippen molar-refractivity contribution in [3.8, 4) is 0 Å². The van der Waals surface area contributed by atoms with Gasteiger partial charge in [-0.15, -0.1) is 0 Å². The van der Waals surface area contributed by atoms with Gasteiger partial charge in [-0.1, -0.05) is 6.92 Å². The maximum atomic E-state index is 10.4. The predicted octanol–water partition coefficient (Wildman–Crippen LogP) is 3.03. The molecule has 0 amide bonds. The number of rotatable bonds is 5. The van der Waals surface area contributed by atoms with Gasteiger partial charge in [0.05, 0.1) is 12.2 Å². The number of carbonyl (C=O) groups is 1. The molecule has 0 saturated heterocycles. The summed E-state index contributed by atoms with van der Waals surface area (Å²) in [5.74, 6) is 0.654. The van der Waals surface area contributed by atoms with Gasteiger partial charge in [0.15, 0.2) is 5.22 Å². The second-order valence-electron chi connectivity index (χ2n) is 2.93. The Labute approximate surface area is 91.4 Å². The van der Waals surface area contributed by atoms with Crippen molar-refractivity contribution in [3.05, 3.63) is 23.1 Å². The van der Waals surface area contributed by atoms with E-state index in [1.54, 1.807) is 12.1 Å². The Morgan fingerprint density at radius 3 is 2.93 bits per heavy atom. The molecule has 1 aromatic rings. The third-order valence-corrected chi connectivity index (χ3v) is 2.99. The van der Waals surface area contributed by atoms with Crippen LogP contribution in [0.4, 0.5) is 0 Å². The molecule has 1 unspecified atom stereocenters. The highest BCUT2D eigenvalue weighted by Gasteiger charge is 2.09. The van der Waals surface area contributed by atoms with Crippen molar-refractivity contribution in [3.63, 3.8) is 0 Å². The van der Waals surface area contributed by atoms with Gasteiger partial charge < -0.3 is 9.52 Å². The van der Waals surface area contributed by atoms with E-state index in [1.165, 1.54) is 11.8 Å². The first kappa shape index (κ1) is 11.5. The molecule has 0 saturated carbocycles. The van der Waals surface area contributed by atoms with Gasteiger partial charge in [0.2, 0.25) is 0 Å². The van der Waals surface area contributed by atoms with Crippen LogP contribution in [0.1, 0.15) is 19.1 Å². The van der Waals surface area contributed by atoms with Crippen molar-refractivity contribution in [1.82, 2.24) is 0 Å². The van der Waals surface area contributed by atoms with Crippen molar-refractivity contribution >= 4 is 29.3 Å². The lowest BCUT2D eigenvalue weighted by atomic mass is 10.3. The molecule has 3 nitrogen and oxygen atoms in total. The smallest absolute Gasteiger partial charge is 0.304 e. The quantitative estimate of drug-likeness (QED) is 0.851. The summed E-state index contributed by atoms with van der Waals surface area (Å²) in [6.45, 7) is 1.88. The van der Waals surface area contributed by atoms with Crippen LogP contribution in [0.15, 0.2) is 16.5 Å². The SMILES string of the molecule is CC(CC(=O)O)SCc1ccc(Cl)o1. The fraction of sp³-hybridized carbons (Fsp3) is 0.444. The van der Waals surface area contributed by atoms with Crippen LogP contribution >= 0.6 is 23.4 Å². The van der Waals surface area contributed by atoms with Crippen LogP contribution in [-0.4, -0.2) is 16.3 Å². The number of hydrogen-bond donors (Lipinski definition) is 1. The zero-order valence-corrected chi connectivity index (χ0v) is 9.27. The molecule has 14 heavy (non-hydrogen) atoms. The van der Waals surface area contributed by atoms with E-state index in [1.807, 2.05) is 6.92 Å². The van der Waals surface area contributed by atoms with E-state index in [-0.39, 0.29) is 11.7 Å². The van der Waals surface area contributed by atoms with Gasteiger partial charge in [-0.2, -0.15) is 11.8 Å². The zero-order chi connectivity index (χ0) is 10.6. The van der Waals surface area contributed by atoms with Crippen LogP contribution < -0.4 is 0 Å². The van der Waals surface area contributed by atoms with E-state index in [0.29, 0.717) is 11.0 Å². The second-order valence-corrected chi connectivity index (χ2v) is 4.72. The van der Waals surface area contributed by atoms with Crippen LogP contribution in [-0.2, 0) is 10.5 Å². The Morgan fingerprint density at radius 2 is 2.43 bits per heavy atom. The van der Waals surface area contributed by atoms with Crippen molar-refractivity contribution in [2.24, 2.45) is 0 Å². The largest absolute Gasteiger partial charge is 0.481 e. The Hall–Kier alpha value is -0.610. The molecule has 1 rings (SSSR count). The second kappa shape index (κ2) is 5.32. The molecule has 5 heteroatoms. The minimum atomic E-state index is -0.775. The molecule has 0 bridgehead atoms. The summed E-state index contributed by atoms with van der Waals surface area (Å²) < 4.78 is 5.14. The summed E-state index contributed by atoms with van der Waals surface area (Å²) in [6, 6.07) is 3.47. The molecule has 0 aliphatic carbocycles.